The lowest BCUT2D eigenvalue weighted by molar-refractivity contribution is 0.0695. The molecule has 1 heterocycles. The number of rotatable bonds is 4. The smallest absolute Gasteiger partial charge is 0.336 e. The van der Waals surface area contributed by atoms with Gasteiger partial charge in [0.1, 0.15) is 0 Å². The highest BCUT2D eigenvalue weighted by Crippen LogP contribution is 2.36. The number of pyridine rings is 1. The number of aryl methyl sites for hydroxylation is 2. The molecule has 1 atom stereocenters. The van der Waals surface area contributed by atoms with Crippen molar-refractivity contribution in [2.75, 3.05) is 0 Å². The third kappa shape index (κ3) is 2.89. The molecule has 0 fully saturated rings. The lowest BCUT2D eigenvalue weighted by Crippen LogP contribution is -2.13. The molecule has 22 heavy (non-hydrogen) atoms. The molecule has 1 aromatic carbocycles. The van der Waals surface area contributed by atoms with Crippen molar-refractivity contribution in [1.82, 2.24) is 4.98 Å². The van der Waals surface area contributed by atoms with Gasteiger partial charge in [-0.25, -0.2) is 4.79 Å². The molecule has 1 N–H and O–H groups in total. The van der Waals surface area contributed by atoms with Crippen molar-refractivity contribution < 1.29 is 9.90 Å². The number of hydrogen-bond acceptors (Lipinski definition) is 2. The second-order valence-electron chi connectivity index (χ2n) is 6.11. The molecule has 0 spiro atoms. The Morgan fingerprint density at radius 1 is 1.36 bits per heavy atom. The van der Waals surface area contributed by atoms with Crippen molar-refractivity contribution in [3.05, 3.63) is 64.5 Å². The predicted molar refractivity (Wildman–Crippen MR) is 86.4 cm³/mol. The van der Waals surface area contributed by atoms with Gasteiger partial charge in [0.05, 0.1) is 5.56 Å². The lowest BCUT2D eigenvalue weighted by atomic mass is 9.78. The number of carbonyl (C=O) groups is 1. The van der Waals surface area contributed by atoms with Gasteiger partial charge in [-0.2, -0.15) is 0 Å². The van der Waals surface area contributed by atoms with Gasteiger partial charge in [-0.3, -0.25) is 4.98 Å². The summed E-state index contributed by atoms with van der Waals surface area (Å²) in [4.78, 5) is 15.4. The van der Waals surface area contributed by atoms with Crippen molar-refractivity contribution >= 4 is 5.97 Å². The van der Waals surface area contributed by atoms with E-state index in [0.29, 0.717) is 11.5 Å². The number of hydrogen-bond donors (Lipinski definition) is 1. The fourth-order valence-electron chi connectivity index (χ4n) is 3.59. The fourth-order valence-corrected chi connectivity index (χ4v) is 3.59. The molecule has 2 aromatic rings. The van der Waals surface area contributed by atoms with Gasteiger partial charge in [0, 0.05) is 12.4 Å². The van der Waals surface area contributed by atoms with Gasteiger partial charge in [0.25, 0.3) is 0 Å². The van der Waals surface area contributed by atoms with Crippen LogP contribution in [0.2, 0.25) is 0 Å². The van der Waals surface area contributed by atoms with Gasteiger partial charge < -0.3 is 5.11 Å². The molecule has 3 nitrogen and oxygen atoms in total. The first-order valence-corrected chi connectivity index (χ1v) is 7.91. The third-order valence-electron chi connectivity index (χ3n) is 4.76. The Kier molecular flexibility index (Phi) is 4.23. The molecule has 0 aliphatic heterocycles. The minimum atomic E-state index is -0.864. The summed E-state index contributed by atoms with van der Waals surface area (Å²) in [6.45, 7) is 2.19. The third-order valence-corrected chi connectivity index (χ3v) is 4.76. The van der Waals surface area contributed by atoms with E-state index in [1.807, 2.05) is 0 Å². The minimum absolute atomic E-state index is 0.385. The van der Waals surface area contributed by atoms with E-state index >= 15 is 0 Å². The van der Waals surface area contributed by atoms with Crippen LogP contribution in [0.15, 0.2) is 36.7 Å². The van der Waals surface area contributed by atoms with Gasteiger partial charge >= 0.3 is 5.97 Å². The summed E-state index contributed by atoms with van der Waals surface area (Å²) in [7, 11) is 0. The molecule has 0 radical (unpaired) electrons. The fraction of sp³-hybridized carbons (Fsp3) is 0.368. The normalized spacial score (nSPS) is 17.0. The van der Waals surface area contributed by atoms with Gasteiger partial charge in [-0.15, -0.1) is 0 Å². The average molecular weight is 295 g/mol. The van der Waals surface area contributed by atoms with E-state index in [-0.39, 0.29) is 0 Å². The van der Waals surface area contributed by atoms with Crippen LogP contribution < -0.4 is 0 Å². The van der Waals surface area contributed by atoms with Crippen LogP contribution in [-0.2, 0) is 12.8 Å². The van der Waals surface area contributed by atoms with Gasteiger partial charge in [0.15, 0.2) is 0 Å². The van der Waals surface area contributed by atoms with E-state index in [2.05, 4.69) is 30.1 Å². The predicted octanol–water partition coefficient (Wildman–Crippen LogP) is 4.14. The molecule has 1 aliphatic rings. The Hall–Kier alpha value is -2.16. The number of benzene rings is 1. The number of aromatic carboxylic acids is 1. The molecular weight excluding hydrogens is 274 g/mol. The van der Waals surface area contributed by atoms with Gasteiger partial charge in [0.2, 0.25) is 0 Å². The molecule has 1 aromatic heterocycles. The summed E-state index contributed by atoms with van der Waals surface area (Å²) >= 11 is 0. The summed E-state index contributed by atoms with van der Waals surface area (Å²) in [6, 6.07) is 8.16. The highest BCUT2D eigenvalue weighted by Gasteiger charge is 2.21. The average Bonchev–Trinajstić information content (AvgIpc) is 2.53. The van der Waals surface area contributed by atoms with Crippen molar-refractivity contribution in [3.63, 3.8) is 0 Å². The van der Waals surface area contributed by atoms with E-state index in [9.17, 15) is 9.90 Å². The molecule has 3 heteroatoms. The molecule has 0 amide bonds. The zero-order valence-corrected chi connectivity index (χ0v) is 12.9. The Balaban J connectivity index is 1.79. The molecule has 114 valence electrons. The van der Waals surface area contributed by atoms with Crippen LogP contribution in [0.5, 0.6) is 0 Å². The van der Waals surface area contributed by atoms with Crippen molar-refractivity contribution in [2.45, 2.75) is 44.9 Å². The standard InChI is InChI=1S/C19H21NO2/c1-13-4-2-7-17-14(5-3-6-16(13)17)8-9-15-12-20-11-10-18(15)19(21)22/h2,4,7,10-12,14H,3,5-6,8-9H2,1H3,(H,21,22)/t14-/m1/s1. The van der Waals surface area contributed by atoms with Crippen LogP contribution in [0.4, 0.5) is 0 Å². The lowest BCUT2D eigenvalue weighted by Gasteiger charge is -2.27. The molecule has 1 aliphatic carbocycles. The molecular formula is C19H21NO2. The van der Waals surface area contributed by atoms with Crippen molar-refractivity contribution in [3.8, 4) is 0 Å². The second kappa shape index (κ2) is 6.30. The quantitative estimate of drug-likeness (QED) is 0.922. The largest absolute Gasteiger partial charge is 0.478 e. The van der Waals surface area contributed by atoms with Crippen LogP contribution >= 0.6 is 0 Å². The first kappa shape index (κ1) is 14.8. The highest BCUT2D eigenvalue weighted by atomic mass is 16.4. The Labute approximate surface area is 131 Å². The molecule has 0 saturated carbocycles. The summed E-state index contributed by atoms with van der Waals surface area (Å²) in [5.74, 6) is -0.331. The Bertz CT molecular complexity index is 694. The summed E-state index contributed by atoms with van der Waals surface area (Å²) in [6.07, 6.45) is 8.60. The number of carboxylic acid groups (broad SMARTS) is 1. The Morgan fingerprint density at radius 2 is 2.23 bits per heavy atom. The second-order valence-corrected chi connectivity index (χ2v) is 6.11. The molecule has 0 unspecified atom stereocenters. The molecule has 0 saturated heterocycles. The summed E-state index contributed by atoms with van der Waals surface area (Å²) in [5.41, 5.74) is 5.58. The zero-order valence-electron chi connectivity index (χ0n) is 12.9. The number of aromatic nitrogens is 1. The summed E-state index contributed by atoms with van der Waals surface area (Å²) in [5, 5.41) is 9.27. The number of nitrogens with zero attached hydrogens (tertiary/aromatic N) is 1. The first-order valence-electron chi connectivity index (χ1n) is 7.91. The SMILES string of the molecule is Cc1cccc2c1CCC[C@@H]2CCc1cnccc1C(=O)O. The van der Waals surface area contributed by atoms with Crippen LogP contribution in [0.25, 0.3) is 0 Å². The monoisotopic (exact) mass is 295 g/mol. The molecule has 0 bridgehead atoms. The van der Waals surface area contributed by atoms with Gasteiger partial charge in [-0.05, 0) is 73.3 Å². The maximum atomic E-state index is 11.3. The maximum absolute atomic E-state index is 11.3. The van der Waals surface area contributed by atoms with Crippen LogP contribution in [0.1, 0.15) is 57.8 Å². The first-order chi connectivity index (χ1) is 10.7. The van der Waals surface area contributed by atoms with E-state index < -0.39 is 5.97 Å². The zero-order chi connectivity index (χ0) is 15.5. The number of carboxylic acids is 1. The maximum Gasteiger partial charge on any atom is 0.336 e. The van der Waals surface area contributed by atoms with E-state index in [1.165, 1.54) is 36.0 Å². The molecule has 3 rings (SSSR count). The minimum Gasteiger partial charge on any atom is -0.478 e. The van der Waals surface area contributed by atoms with Crippen LogP contribution in [0, 0.1) is 6.92 Å². The summed E-state index contributed by atoms with van der Waals surface area (Å²) < 4.78 is 0. The van der Waals surface area contributed by atoms with Crippen molar-refractivity contribution in [2.24, 2.45) is 0 Å². The van der Waals surface area contributed by atoms with Gasteiger partial charge in [-0.1, -0.05) is 18.2 Å². The van der Waals surface area contributed by atoms with E-state index in [0.717, 1.165) is 18.4 Å². The van der Waals surface area contributed by atoms with Crippen LogP contribution in [-0.4, -0.2) is 16.1 Å². The van der Waals surface area contributed by atoms with Crippen LogP contribution in [0.3, 0.4) is 0 Å². The number of fused-ring (bicyclic) bond motifs is 1. The highest BCUT2D eigenvalue weighted by molar-refractivity contribution is 5.89. The van der Waals surface area contributed by atoms with E-state index in [1.54, 1.807) is 18.5 Å². The topological polar surface area (TPSA) is 50.2 Å². The Morgan fingerprint density at radius 3 is 3.05 bits per heavy atom. The van der Waals surface area contributed by atoms with Crippen molar-refractivity contribution in [1.29, 1.82) is 0 Å². The van der Waals surface area contributed by atoms with E-state index in [4.69, 9.17) is 0 Å².